The van der Waals surface area contributed by atoms with Crippen LogP contribution in [-0.4, -0.2) is 35.8 Å². The number of hydrogen-bond donors (Lipinski definition) is 1. The highest BCUT2D eigenvalue weighted by Crippen LogP contribution is 2.10. The standard InChI is InChI=1S/C16H19N3O2/c1-12(16(21)19-9-3-2-4-10-19)18-15(20)14-7-5-13(11-17)6-8-14/h5-8,12H,2-4,9-10H2,1H3,(H,18,20)/t12-/m1/s1. The van der Waals surface area contributed by atoms with Crippen LogP contribution in [0.4, 0.5) is 0 Å². The Balaban J connectivity index is 1.94. The van der Waals surface area contributed by atoms with Gasteiger partial charge in [-0.15, -0.1) is 0 Å². The van der Waals surface area contributed by atoms with Crippen molar-refractivity contribution in [3.63, 3.8) is 0 Å². The summed E-state index contributed by atoms with van der Waals surface area (Å²) in [7, 11) is 0. The molecule has 1 aromatic rings. The zero-order valence-electron chi connectivity index (χ0n) is 12.1. The number of hydrogen-bond acceptors (Lipinski definition) is 3. The van der Waals surface area contributed by atoms with Crippen LogP contribution in [0.2, 0.25) is 0 Å². The predicted molar refractivity (Wildman–Crippen MR) is 78.5 cm³/mol. The van der Waals surface area contributed by atoms with Crippen LogP contribution in [0.5, 0.6) is 0 Å². The average Bonchev–Trinajstić information content (AvgIpc) is 2.55. The van der Waals surface area contributed by atoms with Crippen molar-refractivity contribution in [1.29, 1.82) is 5.26 Å². The van der Waals surface area contributed by atoms with Crippen LogP contribution in [-0.2, 0) is 4.79 Å². The van der Waals surface area contributed by atoms with Gasteiger partial charge < -0.3 is 10.2 Å². The topological polar surface area (TPSA) is 73.2 Å². The molecule has 1 aliphatic heterocycles. The van der Waals surface area contributed by atoms with Crippen molar-refractivity contribution in [1.82, 2.24) is 10.2 Å². The zero-order valence-corrected chi connectivity index (χ0v) is 12.1. The van der Waals surface area contributed by atoms with E-state index in [4.69, 9.17) is 5.26 Å². The van der Waals surface area contributed by atoms with Gasteiger partial charge in [0.25, 0.3) is 5.91 Å². The lowest BCUT2D eigenvalue weighted by Crippen LogP contribution is -2.48. The maximum absolute atomic E-state index is 12.2. The second-order valence-corrected chi connectivity index (χ2v) is 5.27. The molecule has 0 radical (unpaired) electrons. The normalized spacial score (nSPS) is 15.9. The van der Waals surface area contributed by atoms with Gasteiger partial charge in [0.1, 0.15) is 6.04 Å². The predicted octanol–water partition coefficient (Wildman–Crippen LogP) is 1.69. The number of benzene rings is 1. The molecule has 0 bridgehead atoms. The molecule has 0 saturated carbocycles. The van der Waals surface area contributed by atoms with Gasteiger partial charge in [-0.25, -0.2) is 0 Å². The highest BCUT2D eigenvalue weighted by Gasteiger charge is 2.23. The number of nitrogens with zero attached hydrogens (tertiary/aromatic N) is 2. The summed E-state index contributed by atoms with van der Waals surface area (Å²) in [5.74, 6) is -0.325. The summed E-state index contributed by atoms with van der Waals surface area (Å²) in [5, 5.41) is 11.4. The van der Waals surface area contributed by atoms with E-state index in [0.29, 0.717) is 11.1 Å². The molecule has 1 heterocycles. The number of carbonyl (C=O) groups excluding carboxylic acids is 2. The van der Waals surface area contributed by atoms with Crippen LogP contribution >= 0.6 is 0 Å². The Morgan fingerprint density at radius 1 is 1.19 bits per heavy atom. The molecule has 0 spiro atoms. The zero-order chi connectivity index (χ0) is 15.2. The number of likely N-dealkylation sites (tertiary alicyclic amines) is 1. The van der Waals surface area contributed by atoms with Gasteiger partial charge in [-0.2, -0.15) is 5.26 Å². The van der Waals surface area contributed by atoms with Gasteiger partial charge in [0.2, 0.25) is 5.91 Å². The number of nitrogens with one attached hydrogen (secondary N) is 1. The number of piperidine rings is 1. The molecule has 0 unspecified atom stereocenters. The lowest BCUT2D eigenvalue weighted by Gasteiger charge is -2.29. The minimum Gasteiger partial charge on any atom is -0.341 e. The molecule has 1 aliphatic rings. The summed E-state index contributed by atoms with van der Waals surface area (Å²) in [4.78, 5) is 26.1. The maximum atomic E-state index is 12.2. The van der Waals surface area contributed by atoms with Gasteiger partial charge in [-0.3, -0.25) is 9.59 Å². The minimum atomic E-state index is -0.536. The average molecular weight is 285 g/mol. The lowest BCUT2D eigenvalue weighted by molar-refractivity contribution is -0.133. The molecule has 0 aromatic heterocycles. The fraction of sp³-hybridized carbons (Fsp3) is 0.438. The van der Waals surface area contributed by atoms with Gasteiger partial charge in [0.15, 0.2) is 0 Å². The van der Waals surface area contributed by atoms with E-state index >= 15 is 0 Å². The van der Waals surface area contributed by atoms with E-state index in [1.54, 1.807) is 31.2 Å². The molecule has 1 fully saturated rings. The molecule has 1 atom stereocenters. The van der Waals surface area contributed by atoms with Gasteiger partial charge in [-0.1, -0.05) is 0 Å². The van der Waals surface area contributed by atoms with Crippen LogP contribution in [0.3, 0.4) is 0 Å². The van der Waals surface area contributed by atoms with Gasteiger partial charge in [0.05, 0.1) is 11.6 Å². The fourth-order valence-electron chi connectivity index (χ4n) is 2.43. The Hall–Kier alpha value is -2.35. The second kappa shape index (κ2) is 6.89. The van der Waals surface area contributed by atoms with Crippen molar-refractivity contribution in [2.75, 3.05) is 13.1 Å². The van der Waals surface area contributed by atoms with E-state index in [0.717, 1.165) is 32.4 Å². The summed E-state index contributed by atoms with van der Waals surface area (Å²) >= 11 is 0. The van der Waals surface area contributed by atoms with Crippen LogP contribution in [0.15, 0.2) is 24.3 Å². The summed E-state index contributed by atoms with van der Waals surface area (Å²) < 4.78 is 0. The third kappa shape index (κ3) is 3.82. The Bertz CT molecular complexity index is 554. The van der Waals surface area contributed by atoms with Crippen molar-refractivity contribution < 1.29 is 9.59 Å². The molecule has 2 amide bonds. The van der Waals surface area contributed by atoms with Crippen LogP contribution in [0.25, 0.3) is 0 Å². The molecular formula is C16H19N3O2. The Kier molecular flexibility index (Phi) is 4.94. The fourth-order valence-corrected chi connectivity index (χ4v) is 2.43. The van der Waals surface area contributed by atoms with Crippen LogP contribution < -0.4 is 5.32 Å². The smallest absolute Gasteiger partial charge is 0.251 e. The van der Waals surface area contributed by atoms with Gasteiger partial charge >= 0.3 is 0 Å². The summed E-state index contributed by atoms with van der Waals surface area (Å²) in [6.45, 7) is 3.25. The van der Waals surface area contributed by atoms with Crippen molar-refractivity contribution in [2.24, 2.45) is 0 Å². The third-order valence-corrected chi connectivity index (χ3v) is 3.66. The maximum Gasteiger partial charge on any atom is 0.251 e. The van der Waals surface area contributed by atoms with Crippen molar-refractivity contribution >= 4 is 11.8 Å². The van der Waals surface area contributed by atoms with Gasteiger partial charge in [-0.05, 0) is 50.5 Å². The molecule has 0 aliphatic carbocycles. The molecule has 2 rings (SSSR count). The SMILES string of the molecule is C[C@@H](NC(=O)c1ccc(C#N)cc1)C(=O)N1CCCCC1. The van der Waals surface area contributed by atoms with Crippen LogP contribution in [0, 0.1) is 11.3 Å². The highest BCUT2D eigenvalue weighted by molar-refractivity contribution is 5.97. The van der Waals surface area contributed by atoms with E-state index in [1.807, 2.05) is 11.0 Å². The first-order valence-electron chi connectivity index (χ1n) is 7.21. The Morgan fingerprint density at radius 2 is 1.81 bits per heavy atom. The van der Waals surface area contributed by atoms with E-state index in [2.05, 4.69) is 5.32 Å². The van der Waals surface area contributed by atoms with E-state index < -0.39 is 6.04 Å². The third-order valence-electron chi connectivity index (χ3n) is 3.66. The largest absolute Gasteiger partial charge is 0.341 e. The quantitative estimate of drug-likeness (QED) is 0.918. The summed E-state index contributed by atoms with van der Waals surface area (Å²) in [5.41, 5.74) is 0.955. The second-order valence-electron chi connectivity index (χ2n) is 5.27. The van der Waals surface area contributed by atoms with Crippen LogP contribution in [0.1, 0.15) is 42.1 Å². The number of nitriles is 1. The Labute approximate surface area is 124 Å². The molecule has 1 saturated heterocycles. The van der Waals surface area contributed by atoms with E-state index in [-0.39, 0.29) is 11.8 Å². The number of carbonyl (C=O) groups is 2. The van der Waals surface area contributed by atoms with E-state index in [9.17, 15) is 9.59 Å². The molecule has 5 nitrogen and oxygen atoms in total. The first kappa shape index (κ1) is 15.0. The summed E-state index contributed by atoms with van der Waals surface area (Å²) in [6.07, 6.45) is 3.22. The lowest BCUT2D eigenvalue weighted by atomic mass is 10.1. The molecule has 5 heteroatoms. The van der Waals surface area contributed by atoms with Gasteiger partial charge in [0, 0.05) is 18.7 Å². The minimum absolute atomic E-state index is 0.0308. The molecule has 1 aromatic carbocycles. The molecule has 21 heavy (non-hydrogen) atoms. The van der Waals surface area contributed by atoms with Crippen molar-refractivity contribution in [3.8, 4) is 6.07 Å². The monoisotopic (exact) mass is 285 g/mol. The molecular weight excluding hydrogens is 266 g/mol. The molecule has 1 N–H and O–H groups in total. The van der Waals surface area contributed by atoms with Crippen molar-refractivity contribution in [2.45, 2.75) is 32.2 Å². The first-order valence-corrected chi connectivity index (χ1v) is 7.21. The van der Waals surface area contributed by atoms with Crippen molar-refractivity contribution in [3.05, 3.63) is 35.4 Å². The first-order chi connectivity index (χ1) is 10.1. The number of amides is 2. The van der Waals surface area contributed by atoms with E-state index in [1.165, 1.54) is 0 Å². The Morgan fingerprint density at radius 3 is 2.38 bits per heavy atom. The summed E-state index contributed by atoms with van der Waals surface area (Å²) in [6, 6.07) is 7.82. The highest BCUT2D eigenvalue weighted by atomic mass is 16.2. The number of rotatable bonds is 3. The molecule has 110 valence electrons.